The Morgan fingerprint density at radius 2 is 1.54 bits per heavy atom. The largest absolute Gasteiger partial charge is 0.495 e. The minimum Gasteiger partial charge on any atom is -0.495 e. The molecule has 0 spiro atoms. The van der Waals surface area contributed by atoms with E-state index >= 15 is 0 Å². The van der Waals surface area contributed by atoms with E-state index in [9.17, 15) is 14.9 Å². The lowest BCUT2D eigenvalue weighted by Crippen LogP contribution is -2.32. The van der Waals surface area contributed by atoms with Gasteiger partial charge in [0.2, 0.25) is 5.75 Å². The fourth-order valence-electron chi connectivity index (χ4n) is 3.97. The fourth-order valence-corrected chi connectivity index (χ4v) is 5.06. The maximum Gasteiger partial charge on any atom is 0.273 e. The van der Waals surface area contributed by atoms with Crippen molar-refractivity contribution in [3.8, 4) is 34.8 Å². The number of benzene rings is 3. The van der Waals surface area contributed by atoms with E-state index in [-0.39, 0.29) is 14.8 Å². The van der Waals surface area contributed by atoms with Crippen molar-refractivity contribution < 1.29 is 23.7 Å². The van der Waals surface area contributed by atoms with E-state index in [0.717, 1.165) is 11.3 Å². The lowest BCUT2D eigenvalue weighted by Gasteiger charge is -2.13. The van der Waals surface area contributed by atoms with Gasteiger partial charge in [0, 0.05) is 5.56 Å². The van der Waals surface area contributed by atoms with Gasteiger partial charge < -0.3 is 24.3 Å². The third-order valence-corrected chi connectivity index (χ3v) is 6.86. The number of amides is 1. The Labute approximate surface area is 228 Å². The molecule has 0 saturated carbocycles. The third kappa shape index (κ3) is 5.35. The number of nitriles is 1. The van der Waals surface area contributed by atoms with Gasteiger partial charge in [0.1, 0.15) is 16.5 Å². The van der Waals surface area contributed by atoms with Crippen LogP contribution in [0.5, 0.6) is 23.0 Å². The Morgan fingerprint density at radius 1 is 0.872 bits per heavy atom. The Bertz CT molecular complexity index is 1740. The van der Waals surface area contributed by atoms with Crippen molar-refractivity contribution >= 4 is 34.6 Å². The summed E-state index contributed by atoms with van der Waals surface area (Å²) in [5, 5.41) is 12.8. The number of ether oxygens (including phenoxy) is 4. The molecule has 39 heavy (non-hydrogen) atoms. The average molecular weight is 544 g/mol. The number of anilines is 1. The second-order valence-electron chi connectivity index (χ2n) is 7.96. The van der Waals surface area contributed by atoms with Crippen molar-refractivity contribution in [1.82, 2.24) is 4.57 Å². The molecule has 3 aromatic carbocycles. The molecule has 0 aliphatic rings. The van der Waals surface area contributed by atoms with E-state index in [1.807, 2.05) is 12.1 Å². The minimum absolute atomic E-state index is 0.173. The van der Waals surface area contributed by atoms with Crippen LogP contribution in [0.4, 0.5) is 5.69 Å². The first-order valence-electron chi connectivity index (χ1n) is 11.6. The summed E-state index contributed by atoms with van der Waals surface area (Å²) in [6.07, 6.45) is 1.63. The molecular weight excluding hydrogens is 518 g/mol. The molecular formula is C29H25N3O6S. The van der Waals surface area contributed by atoms with Crippen molar-refractivity contribution in [2.24, 2.45) is 0 Å². The van der Waals surface area contributed by atoms with Gasteiger partial charge in [-0.3, -0.25) is 14.2 Å². The highest BCUT2D eigenvalue weighted by Crippen LogP contribution is 2.40. The summed E-state index contributed by atoms with van der Waals surface area (Å²) < 4.78 is 23.5. The van der Waals surface area contributed by atoms with Crippen LogP contribution in [-0.4, -0.2) is 38.9 Å². The second-order valence-corrected chi connectivity index (χ2v) is 8.99. The van der Waals surface area contributed by atoms with Crippen LogP contribution in [0.3, 0.4) is 0 Å². The predicted molar refractivity (Wildman–Crippen MR) is 149 cm³/mol. The zero-order valence-corrected chi connectivity index (χ0v) is 22.5. The predicted octanol–water partition coefficient (Wildman–Crippen LogP) is 3.08. The van der Waals surface area contributed by atoms with Gasteiger partial charge in [-0.05, 0) is 42.5 Å². The summed E-state index contributed by atoms with van der Waals surface area (Å²) in [5.41, 5.74) is 0.814. The lowest BCUT2D eigenvalue weighted by atomic mass is 10.1. The number of aromatic nitrogens is 1. The minimum atomic E-state index is -0.678. The van der Waals surface area contributed by atoms with E-state index in [2.05, 4.69) is 5.32 Å². The van der Waals surface area contributed by atoms with Gasteiger partial charge in [0.25, 0.3) is 11.5 Å². The highest BCUT2D eigenvalue weighted by atomic mass is 32.1. The Hall–Kier alpha value is -5.01. The van der Waals surface area contributed by atoms with E-state index < -0.39 is 11.5 Å². The first-order chi connectivity index (χ1) is 19.0. The number of hydrogen-bond acceptors (Lipinski definition) is 8. The molecule has 0 atom stereocenters. The van der Waals surface area contributed by atoms with Crippen LogP contribution in [0, 0.1) is 11.3 Å². The van der Waals surface area contributed by atoms with Crippen molar-refractivity contribution in [2.75, 3.05) is 33.8 Å². The topological polar surface area (TPSA) is 112 Å². The van der Waals surface area contributed by atoms with Crippen LogP contribution < -0.4 is 39.0 Å². The molecule has 198 valence electrons. The first kappa shape index (κ1) is 27.0. The molecule has 1 aromatic heterocycles. The second kappa shape index (κ2) is 12.0. The summed E-state index contributed by atoms with van der Waals surface area (Å²) >= 11 is 1.02. The third-order valence-electron chi connectivity index (χ3n) is 5.77. The van der Waals surface area contributed by atoms with Crippen LogP contribution in [0.1, 0.15) is 5.56 Å². The zero-order chi connectivity index (χ0) is 27.9. The highest BCUT2D eigenvalue weighted by Gasteiger charge is 2.19. The number of nitrogens with zero attached hydrogens (tertiary/aromatic N) is 2. The zero-order valence-electron chi connectivity index (χ0n) is 21.7. The number of rotatable bonds is 8. The first-order valence-corrected chi connectivity index (χ1v) is 12.5. The summed E-state index contributed by atoms with van der Waals surface area (Å²) in [5.74, 6) is 0.964. The van der Waals surface area contributed by atoms with E-state index in [0.29, 0.717) is 39.9 Å². The number of carbonyl (C=O) groups is 1. The molecule has 0 aliphatic heterocycles. The van der Waals surface area contributed by atoms with Crippen LogP contribution >= 0.6 is 11.3 Å². The van der Waals surface area contributed by atoms with Crippen LogP contribution in [-0.2, 0) is 4.79 Å². The molecule has 10 heteroatoms. The highest BCUT2D eigenvalue weighted by molar-refractivity contribution is 7.07. The maximum atomic E-state index is 13.7. The number of thiazole rings is 1. The quantitative estimate of drug-likeness (QED) is 0.364. The molecule has 1 heterocycles. The number of para-hydroxylation sites is 3. The molecule has 9 nitrogen and oxygen atoms in total. The molecule has 0 fully saturated rings. The monoisotopic (exact) mass is 543 g/mol. The molecule has 0 radical (unpaired) electrons. The molecule has 4 aromatic rings. The van der Waals surface area contributed by atoms with Gasteiger partial charge in [0.15, 0.2) is 17.1 Å². The van der Waals surface area contributed by atoms with Gasteiger partial charge in [-0.25, -0.2) is 0 Å². The van der Waals surface area contributed by atoms with Gasteiger partial charge in [0.05, 0.1) is 44.3 Å². The summed E-state index contributed by atoms with van der Waals surface area (Å²) in [6, 6.07) is 21.1. The average Bonchev–Trinajstić information content (AvgIpc) is 3.28. The lowest BCUT2D eigenvalue weighted by molar-refractivity contribution is -0.111. The van der Waals surface area contributed by atoms with Crippen LogP contribution in [0.2, 0.25) is 0 Å². The number of hydrogen-bond donors (Lipinski definition) is 1. The summed E-state index contributed by atoms with van der Waals surface area (Å²) in [4.78, 5) is 27.1. The SMILES string of the molecule is COc1ccccc1NC(=O)/C(C#N)=c1\s/c(=C/c2ccc(OC)c(OC)c2OC)c(=O)n1-c1ccccc1. The van der Waals surface area contributed by atoms with Gasteiger partial charge in [-0.15, -0.1) is 11.3 Å². The maximum absolute atomic E-state index is 13.7. The van der Waals surface area contributed by atoms with Crippen LogP contribution in [0.25, 0.3) is 17.3 Å². The standard InChI is InChI=1S/C29H25N3O6S/c1-35-22-13-9-8-12-21(22)31-27(33)20(17-30)29-32(19-10-6-5-7-11-19)28(34)24(39-29)16-18-14-15-23(36-2)26(38-4)25(18)37-3/h5-16H,1-4H3,(H,31,33)/b24-16+,29-20-. The number of nitrogens with one attached hydrogen (secondary N) is 1. The Kier molecular flexibility index (Phi) is 8.33. The molecule has 0 saturated heterocycles. The molecule has 0 aliphatic carbocycles. The van der Waals surface area contributed by atoms with Crippen molar-refractivity contribution in [1.29, 1.82) is 5.26 Å². The van der Waals surface area contributed by atoms with E-state index in [4.69, 9.17) is 18.9 Å². The van der Waals surface area contributed by atoms with Crippen molar-refractivity contribution in [3.63, 3.8) is 0 Å². The molecule has 1 amide bonds. The fraction of sp³-hybridized carbons (Fsp3) is 0.138. The van der Waals surface area contributed by atoms with E-state index in [1.165, 1.54) is 33.0 Å². The van der Waals surface area contributed by atoms with Crippen molar-refractivity contribution in [3.05, 3.63) is 91.8 Å². The van der Waals surface area contributed by atoms with Gasteiger partial charge in [-0.2, -0.15) is 5.26 Å². The molecule has 0 unspecified atom stereocenters. The van der Waals surface area contributed by atoms with Gasteiger partial charge in [-0.1, -0.05) is 30.3 Å². The van der Waals surface area contributed by atoms with Gasteiger partial charge >= 0.3 is 0 Å². The molecule has 4 rings (SSSR count). The number of carbonyl (C=O) groups excluding carboxylic acids is 1. The van der Waals surface area contributed by atoms with Crippen molar-refractivity contribution in [2.45, 2.75) is 0 Å². The Morgan fingerprint density at radius 3 is 2.18 bits per heavy atom. The number of methoxy groups -OCH3 is 4. The normalized spacial score (nSPS) is 11.8. The molecule has 1 N–H and O–H groups in total. The summed E-state index contributed by atoms with van der Waals surface area (Å²) in [6.45, 7) is 0. The molecule has 0 bridgehead atoms. The Balaban J connectivity index is 1.99. The summed E-state index contributed by atoms with van der Waals surface area (Å²) in [7, 11) is 5.97. The smallest absolute Gasteiger partial charge is 0.273 e. The van der Waals surface area contributed by atoms with Crippen LogP contribution in [0.15, 0.2) is 71.5 Å². The van der Waals surface area contributed by atoms with E-state index in [1.54, 1.807) is 66.7 Å².